The second-order valence-corrected chi connectivity index (χ2v) is 7.34. The highest BCUT2D eigenvalue weighted by Crippen LogP contribution is 2.33. The molecule has 0 bridgehead atoms. The largest absolute Gasteiger partial charge is 0.416 e. The Kier molecular flexibility index (Phi) is 4.87. The molecule has 1 radical (unpaired) electrons. The van der Waals surface area contributed by atoms with Crippen LogP contribution < -0.4 is 4.90 Å². The van der Waals surface area contributed by atoms with Crippen LogP contribution in [0.15, 0.2) is 54.7 Å². The molecule has 0 atom stereocenters. The summed E-state index contributed by atoms with van der Waals surface area (Å²) in [5.74, 6) is 0.304. The first-order valence-electron chi connectivity index (χ1n) is 9.37. The molecule has 3 aromatic rings. The third-order valence-corrected chi connectivity index (χ3v) is 5.43. The van der Waals surface area contributed by atoms with Gasteiger partial charge in [0.05, 0.1) is 11.1 Å². The first kappa shape index (κ1) is 18.6. The summed E-state index contributed by atoms with van der Waals surface area (Å²) in [6, 6.07) is 12.5. The zero-order valence-corrected chi connectivity index (χ0v) is 15.2. The second-order valence-electron chi connectivity index (χ2n) is 7.34. The van der Waals surface area contributed by atoms with Gasteiger partial charge < -0.3 is 4.90 Å². The lowest BCUT2D eigenvalue weighted by Crippen LogP contribution is -2.34. The molecule has 4 rings (SSSR count). The van der Waals surface area contributed by atoms with Crippen molar-refractivity contribution in [1.82, 2.24) is 4.98 Å². The zero-order chi connectivity index (χ0) is 19.7. The minimum atomic E-state index is -4.30. The molecule has 145 valence electrons. The molecule has 28 heavy (non-hydrogen) atoms. The molecule has 0 unspecified atom stereocenters. The van der Waals surface area contributed by atoms with E-state index in [1.807, 2.05) is 12.1 Å². The number of hydrogen-bond donors (Lipinski definition) is 0. The molecule has 1 aliphatic heterocycles. The van der Waals surface area contributed by atoms with Gasteiger partial charge in [-0.15, -0.1) is 0 Å². The molecule has 6 heteroatoms. The van der Waals surface area contributed by atoms with Gasteiger partial charge in [0, 0.05) is 36.4 Å². The molecular formula is C22H20F3N2O. The second kappa shape index (κ2) is 7.34. The molecule has 1 aliphatic rings. The molecule has 1 saturated heterocycles. The predicted molar refractivity (Wildman–Crippen MR) is 102 cm³/mol. The van der Waals surface area contributed by atoms with Crippen molar-refractivity contribution in [1.29, 1.82) is 0 Å². The van der Waals surface area contributed by atoms with E-state index in [0.29, 0.717) is 17.9 Å². The fourth-order valence-electron chi connectivity index (χ4n) is 3.97. The summed E-state index contributed by atoms with van der Waals surface area (Å²) in [4.78, 5) is 6.55. The normalized spacial score (nSPS) is 15.9. The van der Waals surface area contributed by atoms with E-state index in [-0.39, 0.29) is 5.75 Å². The number of halogens is 3. The van der Waals surface area contributed by atoms with E-state index in [1.165, 1.54) is 12.1 Å². The minimum absolute atomic E-state index is 0.0584. The Balaban J connectivity index is 1.44. The van der Waals surface area contributed by atoms with Crippen molar-refractivity contribution in [2.45, 2.75) is 25.4 Å². The molecular weight excluding hydrogens is 365 g/mol. The van der Waals surface area contributed by atoms with Crippen LogP contribution in [-0.4, -0.2) is 18.1 Å². The summed E-state index contributed by atoms with van der Waals surface area (Å²) in [7, 11) is 0. The number of anilines is 1. The SMILES string of the molecule is [O]c1ccc2c(N3CCC(Cc4cccc(C(F)(F)F)c4)CC3)ccnc2c1. The Morgan fingerprint density at radius 1 is 1.04 bits per heavy atom. The fraction of sp³-hybridized carbons (Fsp3) is 0.318. The van der Waals surface area contributed by atoms with E-state index in [1.54, 1.807) is 24.4 Å². The van der Waals surface area contributed by atoms with Crippen molar-refractivity contribution in [2.24, 2.45) is 5.92 Å². The summed E-state index contributed by atoms with van der Waals surface area (Å²) in [6.45, 7) is 1.67. The number of alkyl halides is 3. The maximum Gasteiger partial charge on any atom is 0.416 e. The third-order valence-electron chi connectivity index (χ3n) is 5.43. The fourth-order valence-corrected chi connectivity index (χ4v) is 3.97. The van der Waals surface area contributed by atoms with E-state index < -0.39 is 11.7 Å². The average molecular weight is 385 g/mol. The first-order valence-corrected chi connectivity index (χ1v) is 9.37. The van der Waals surface area contributed by atoms with Crippen LogP contribution in [0.5, 0.6) is 5.75 Å². The van der Waals surface area contributed by atoms with E-state index in [9.17, 15) is 18.3 Å². The highest BCUT2D eigenvalue weighted by Gasteiger charge is 2.30. The Hall–Kier alpha value is -2.76. The van der Waals surface area contributed by atoms with Gasteiger partial charge in [-0.05, 0) is 55.0 Å². The van der Waals surface area contributed by atoms with E-state index in [0.717, 1.165) is 48.6 Å². The molecule has 2 aromatic carbocycles. The summed E-state index contributed by atoms with van der Waals surface area (Å²) in [5.41, 5.74) is 1.91. The summed E-state index contributed by atoms with van der Waals surface area (Å²) >= 11 is 0. The van der Waals surface area contributed by atoms with Gasteiger partial charge in [0.25, 0.3) is 0 Å². The third kappa shape index (κ3) is 3.91. The highest BCUT2D eigenvalue weighted by atomic mass is 19.4. The summed E-state index contributed by atoms with van der Waals surface area (Å²) < 4.78 is 38.7. The monoisotopic (exact) mass is 385 g/mol. The van der Waals surface area contributed by atoms with Gasteiger partial charge in [0.15, 0.2) is 5.75 Å². The smallest absolute Gasteiger partial charge is 0.371 e. The van der Waals surface area contributed by atoms with Gasteiger partial charge in [-0.3, -0.25) is 10.1 Å². The van der Waals surface area contributed by atoms with E-state index >= 15 is 0 Å². The van der Waals surface area contributed by atoms with Crippen LogP contribution in [0.4, 0.5) is 18.9 Å². The van der Waals surface area contributed by atoms with Crippen molar-refractivity contribution in [2.75, 3.05) is 18.0 Å². The zero-order valence-electron chi connectivity index (χ0n) is 15.2. The number of piperidine rings is 1. The van der Waals surface area contributed by atoms with Crippen LogP contribution in [0, 0.1) is 5.92 Å². The molecule has 0 amide bonds. The minimum Gasteiger partial charge on any atom is -0.371 e. The lowest BCUT2D eigenvalue weighted by atomic mass is 9.89. The number of aromatic nitrogens is 1. The van der Waals surface area contributed by atoms with Crippen LogP contribution in [0.3, 0.4) is 0 Å². The average Bonchev–Trinajstić information content (AvgIpc) is 2.67. The molecule has 0 spiro atoms. The van der Waals surface area contributed by atoms with Crippen LogP contribution >= 0.6 is 0 Å². The van der Waals surface area contributed by atoms with Crippen LogP contribution in [0.2, 0.25) is 0 Å². The summed E-state index contributed by atoms with van der Waals surface area (Å²) in [6.07, 6.45) is -0.0919. The van der Waals surface area contributed by atoms with Gasteiger partial charge in [0.1, 0.15) is 0 Å². The van der Waals surface area contributed by atoms with E-state index in [4.69, 9.17) is 0 Å². The van der Waals surface area contributed by atoms with Gasteiger partial charge in [-0.1, -0.05) is 18.2 Å². The van der Waals surface area contributed by atoms with Crippen molar-refractivity contribution < 1.29 is 18.3 Å². The van der Waals surface area contributed by atoms with Crippen LogP contribution in [0.25, 0.3) is 10.9 Å². The molecule has 0 N–H and O–H groups in total. The standard InChI is InChI=1S/C22H20F3N2O/c23-22(24,25)17-3-1-2-16(13-17)12-15-7-10-27(11-8-15)21-6-9-26-20-14-18(28)4-5-19(20)21/h1-6,9,13-15H,7-8,10-12H2. The van der Waals surface area contributed by atoms with Gasteiger partial charge in [-0.25, -0.2) is 0 Å². The topological polar surface area (TPSA) is 36.0 Å². The molecule has 3 nitrogen and oxygen atoms in total. The Morgan fingerprint density at radius 2 is 1.82 bits per heavy atom. The number of hydrogen-bond acceptors (Lipinski definition) is 2. The molecule has 0 aliphatic carbocycles. The number of fused-ring (bicyclic) bond motifs is 1. The van der Waals surface area contributed by atoms with Crippen molar-refractivity contribution in [3.63, 3.8) is 0 Å². The van der Waals surface area contributed by atoms with Crippen LogP contribution in [0.1, 0.15) is 24.0 Å². The number of pyridine rings is 1. The Bertz CT molecular complexity index is 979. The lowest BCUT2D eigenvalue weighted by molar-refractivity contribution is -0.137. The maximum absolute atomic E-state index is 12.9. The van der Waals surface area contributed by atoms with Gasteiger partial charge >= 0.3 is 6.18 Å². The Labute approximate surface area is 161 Å². The molecule has 1 fully saturated rings. The summed E-state index contributed by atoms with van der Waals surface area (Å²) in [5, 5.41) is 12.5. The quantitative estimate of drug-likeness (QED) is 0.566. The molecule has 2 heterocycles. The van der Waals surface area contributed by atoms with Crippen molar-refractivity contribution >= 4 is 16.6 Å². The van der Waals surface area contributed by atoms with Crippen molar-refractivity contribution in [3.05, 3.63) is 65.9 Å². The number of nitrogens with zero attached hydrogens (tertiary/aromatic N) is 2. The van der Waals surface area contributed by atoms with E-state index in [2.05, 4.69) is 9.88 Å². The predicted octanol–water partition coefficient (Wildman–Crippen LogP) is 5.86. The molecule has 1 aromatic heterocycles. The van der Waals surface area contributed by atoms with Gasteiger partial charge in [0.2, 0.25) is 0 Å². The maximum atomic E-state index is 12.9. The number of benzene rings is 2. The molecule has 0 saturated carbocycles. The van der Waals surface area contributed by atoms with Gasteiger partial charge in [-0.2, -0.15) is 13.2 Å². The number of rotatable bonds is 3. The lowest BCUT2D eigenvalue weighted by Gasteiger charge is -2.34. The highest BCUT2D eigenvalue weighted by molar-refractivity contribution is 5.92. The first-order chi connectivity index (χ1) is 13.4. The van der Waals surface area contributed by atoms with Crippen LogP contribution in [-0.2, 0) is 17.7 Å². The Morgan fingerprint density at radius 3 is 2.57 bits per heavy atom. The van der Waals surface area contributed by atoms with Crippen molar-refractivity contribution in [3.8, 4) is 5.75 Å².